The maximum atomic E-state index is 3.53. The zero-order chi connectivity index (χ0) is 16.2. The summed E-state index contributed by atoms with van der Waals surface area (Å²) < 4.78 is 0. The third-order valence-corrected chi connectivity index (χ3v) is 4.77. The topological polar surface area (TPSA) is 18.5 Å². The van der Waals surface area contributed by atoms with Gasteiger partial charge in [-0.2, -0.15) is 0 Å². The van der Waals surface area contributed by atoms with Gasteiger partial charge in [0.2, 0.25) is 0 Å². The fourth-order valence-corrected chi connectivity index (χ4v) is 3.19. The molecule has 1 aliphatic heterocycles. The van der Waals surface area contributed by atoms with Gasteiger partial charge in [-0.25, -0.2) is 0 Å². The molecule has 3 heteroatoms. The average molecular weight is 312 g/mol. The first-order valence-electron chi connectivity index (χ1n) is 9.76. The highest BCUT2D eigenvalue weighted by Gasteiger charge is 2.17. The number of hydrogen-bond acceptors (Lipinski definition) is 3. The van der Waals surface area contributed by atoms with Crippen molar-refractivity contribution < 1.29 is 0 Å². The summed E-state index contributed by atoms with van der Waals surface area (Å²) in [5.41, 5.74) is 0. The van der Waals surface area contributed by atoms with Gasteiger partial charge in [0, 0.05) is 32.2 Å². The average Bonchev–Trinajstić information content (AvgIpc) is 2.49. The molecule has 0 aromatic carbocycles. The van der Waals surface area contributed by atoms with Crippen LogP contribution in [0.15, 0.2) is 0 Å². The molecule has 1 saturated heterocycles. The summed E-state index contributed by atoms with van der Waals surface area (Å²) in [4.78, 5) is 5.26. The molecule has 3 nitrogen and oxygen atoms in total. The maximum absolute atomic E-state index is 3.53. The Hall–Kier alpha value is -0.120. The number of rotatable bonds is 12. The maximum Gasteiger partial charge on any atom is 0.0113 e. The molecule has 1 aliphatic rings. The Morgan fingerprint density at radius 1 is 0.773 bits per heavy atom. The Bertz CT molecular complexity index is 245. The molecule has 22 heavy (non-hydrogen) atoms. The molecule has 1 fully saturated rings. The minimum Gasteiger partial charge on any atom is -0.316 e. The largest absolute Gasteiger partial charge is 0.316 e. The standard InChI is InChI=1S/C19H41N3/c1-18(2)17-20-11-9-7-5-6-8-10-12-21-13-15-22(16-14-21)19(3)4/h18-20H,5-17H2,1-4H3. The molecule has 0 saturated carbocycles. The van der Waals surface area contributed by atoms with Crippen molar-refractivity contribution in [1.82, 2.24) is 15.1 Å². The van der Waals surface area contributed by atoms with Crippen LogP contribution in [0.3, 0.4) is 0 Å². The van der Waals surface area contributed by atoms with E-state index in [1.54, 1.807) is 0 Å². The first-order valence-corrected chi connectivity index (χ1v) is 9.76. The quantitative estimate of drug-likeness (QED) is 0.556. The van der Waals surface area contributed by atoms with E-state index in [0.29, 0.717) is 0 Å². The minimum atomic E-state index is 0.720. The fraction of sp³-hybridized carbons (Fsp3) is 1.00. The second-order valence-corrected chi connectivity index (χ2v) is 7.69. The van der Waals surface area contributed by atoms with Crippen molar-refractivity contribution in [2.45, 2.75) is 72.3 Å². The van der Waals surface area contributed by atoms with Gasteiger partial charge in [-0.3, -0.25) is 4.90 Å². The van der Waals surface area contributed by atoms with E-state index in [9.17, 15) is 0 Å². The van der Waals surface area contributed by atoms with Gasteiger partial charge >= 0.3 is 0 Å². The van der Waals surface area contributed by atoms with Gasteiger partial charge in [0.05, 0.1) is 0 Å². The SMILES string of the molecule is CC(C)CNCCCCCCCCN1CCN(C(C)C)CC1. The van der Waals surface area contributed by atoms with Crippen LogP contribution >= 0.6 is 0 Å². The van der Waals surface area contributed by atoms with Crippen LogP contribution in [0.2, 0.25) is 0 Å². The van der Waals surface area contributed by atoms with Crippen molar-refractivity contribution in [3.05, 3.63) is 0 Å². The number of piperazine rings is 1. The second-order valence-electron chi connectivity index (χ2n) is 7.69. The molecule has 0 aromatic heterocycles. The van der Waals surface area contributed by atoms with Crippen LogP contribution < -0.4 is 5.32 Å². The van der Waals surface area contributed by atoms with Gasteiger partial charge in [0.15, 0.2) is 0 Å². The Morgan fingerprint density at radius 2 is 1.36 bits per heavy atom. The summed E-state index contributed by atoms with van der Waals surface area (Å²) in [7, 11) is 0. The Labute approximate surface area is 139 Å². The van der Waals surface area contributed by atoms with Crippen LogP contribution in [-0.2, 0) is 0 Å². The van der Waals surface area contributed by atoms with Crippen LogP contribution in [0.1, 0.15) is 66.2 Å². The molecule has 1 rings (SSSR count). The Morgan fingerprint density at radius 3 is 1.95 bits per heavy atom. The smallest absolute Gasteiger partial charge is 0.0113 e. The molecule has 0 spiro atoms. The van der Waals surface area contributed by atoms with Crippen LogP contribution in [-0.4, -0.2) is 61.7 Å². The van der Waals surface area contributed by atoms with Crippen molar-refractivity contribution in [2.24, 2.45) is 5.92 Å². The third-order valence-electron chi connectivity index (χ3n) is 4.77. The number of hydrogen-bond donors (Lipinski definition) is 1. The monoisotopic (exact) mass is 311 g/mol. The van der Waals surface area contributed by atoms with Gasteiger partial charge < -0.3 is 10.2 Å². The molecule has 0 bridgehead atoms. The molecular formula is C19H41N3. The summed E-state index contributed by atoms with van der Waals surface area (Å²) in [6.07, 6.45) is 8.42. The summed E-state index contributed by atoms with van der Waals surface area (Å²) in [6.45, 7) is 18.0. The van der Waals surface area contributed by atoms with Crippen LogP contribution in [0, 0.1) is 5.92 Å². The Balaban J connectivity index is 1.82. The van der Waals surface area contributed by atoms with Crippen molar-refractivity contribution in [1.29, 1.82) is 0 Å². The molecule has 0 atom stereocenters. The van der Waals surface area contributed by atoms with Crippen LogP contribution in [0.4, 0.5) is 0 Å². The normalized spacial score (nSPS) is 17.7. The van der Waals surface area contributed by atoms with Crippen LogP contribution in [0.5, 0.6) is 0 Å². The number of nitrogens with one attached hydrogen (secondary N) is 1. The first-order chi connectivity index (χ1) is 10.6. The molecule has 0 aromatic rings. The molecule has 132 valence electrons. The van der Waals surface area contributed by atoms with E-state index >= 15 is 0 Å². The lowest BCUT2D eigenvalue weighted by Crippen LogP contribution is -2.48. The molecule has 1 heterocycles. The summed E-state index contributed by atoms with van der Waals surface area (Å²) in [5, 5.41) is 3.53. The van der Waals surface area contributed by atoms with E-state index in [0.717, 1.165) is 12.0 Å². The lowest BCUT2D eigenvalue weighted by atomic mass is 10.1. The van der Waals surface area contributed by atoms with E-state index < -0.39 is 0 Å². The minimum absolute atomic E-state index is 0.720. The van der Waals surface area contributed by atoms with Crippen molar-refractivity contribution in [3.8, 4) is 0 Å². The van der Waals surface area contributed by atoms with Crippen LogP contribution in [0.25, 0.3) is 0 Å². The summed E-state index contributed by atoms with van der Waals surface area (Å²) in [5.74, 6) is 0.780. The molecule has 1 N–H and O–H groups in total. The molecule has 0 amide bonds. The molecule has 0 aliphatic carbocycles. The zero-order valence-corrected chi connectivity index (χ0v) is 15.7. The zero-order valence-electron chi connectivity index (χ0n) is 15.7. The van der Waals surface area contributed by atoms with E-state index in [2.05, 4.69) is 42.8 Å². The van der Waals surface area contributed by atoms with E-state index in [4.69, 9.17) is 0 Å². The first kappa shape index (κ1) is 19.9. The second kappa shape index (κ2) is 12.3. The molecule has 0 unspecified atom stereocenters. The predicted octanol–water partition coefficient (Wildman–Crippen LogP) is 3.60. The van der Waals surface area contributed by atoms with Crippen molar-refractivity contribution in [3.63, 3.8) is 0 Å². The number of unbranched alkanes of at least 4 members (excludes halogenated alkanes) is 5. The lowest BCUT2D eigenvalue weighted by molar-refractivity contribution is 0.107. The van der Waals surface area contributed by atoms with E-state index in [1.807, 2.05) is 0 Å². The molecular weight excluding hydrogens is 270 g/mol. The van der Waals surface area contributed by atoms with Crippen molar-refractivity contribution in [2.75, 3.05) is 45.8 Å². The summed E-state index contributed by atoms with van der Waals surface area (Å²) in [6, 6.07) is 0.720. The highest BCUT2D eigenvalue weighted by atomic mass is 15.3. The van der Waals surface area contributed by atoms with Gasteiger partial charge in [0.25, 0.3) is 0 Å². The van der Waals surface area contributed by atoms with Gasteiger partial charge in [-0.05, 0) is 52.2 Å². The molecule has 0 radical (unpaired) electrons. The predicted molar refractivity (Wildman–Crippen MR) is 98.6 cm³/mol. The Kier molecular flexibility index (Phi) is 11.2. The fourth-order valence-electron chi connectivity index (χ4n) is 3.19. The number of nitrogens with zero attached hydrogens (tertiary/aromatic N) is 2. The van der Waals surface area contributed by atoms with E-state index in [-0.39, 0.29) is 0 Å². The summed E-state index contributed by atoms with van der Waals surface area (Å²) >= 11 is 0. The van der Waals surface area contributed by atoms with Gasteiger partial charge in [0.1, 0.15) is 0 Å². The third kappa shape index (κ3) is 9.81. The van der Waals surface area contributed by atoms with E-state index in [1.165, 1.54) is 84.3 Å². The lowest BCUT2D eigenvalue weighted by Gasteiger charge is -2.36. The van der Waals surface area contributed by atoms with Gasteiger partial charge in [-0.15, -0.1) is 0 Å². The van der Waals surface area contributed by atoms with Crippen molar-refractivity contribution >= 4 is 0 Å². The van der Waals surface area contributed by atoms with Gasteiger partial charge in [-0.1, -0.05) is 39.5 Å². The highest BCUT2D eigenvalue weighted by Crippen LogP contribution is 2.09. The highest BCUT2D eigenvalue weighted by molar-refractivity contribution is 4.74.